The largest absolute Gasteiger partial charge is 2.00 e. The monoisotopic (exact) mass is 869 g/mol. The van der Waals surface area contributed by atoms with Crippen molar-refractivity contribution < 1.29 is 21.1 Å². The average molecular weight is 870 g/mol. The molecule has 0 radical (unpaired) electrons. The van der Waals surface area contributed by atoms with Crippen LogP contribution >= 0.6 is 0 Å². The second-order valence-electron chi connectivity index (χ2n) is 14.1. The molecule has 0 atom stereocenters. The summed E-state index contributed by atoms with van der Waals surface area (Å²) in [6.07, 6.45) is 1.93. The van der Waals surface area contributed by atoms with E-state index in [0.717, 1.165) is 34.8 Å². The van der Waals surface area contributed by atoms with Gasteiger partial charge in [0.25, 0.3) is 0 Å². The minimum Gasteiger partial charge on any atom is -0.345 e. The first kappa shape index (κ1) is 33.9. The number of anilines is 4. The SMILES string of the molecule is Cc1ccccc1-c1ccnc(-n2c3[c-]c([Si](C)(C)c4[c-]c(N5CN(c6ccccc6C)c6ccccc65)ccc4)ccc3c3ccccc32)c1.[Pt+2]. The molecule has 3 heterocycles. The van der Waals surface area contributed by atoms with Gasteiger partial charge in [0.05, 0.1) is 26.1 Å². The zero-order valence-electron chi connectivity index (χ0n) is 29.7. The van der Waals surface area contributed by atoms with E-state index in [2.05, 4.69) is 193 Å². The fourth-order valence-electron chi connectivity index (χ4n) is 7.72. The molecule has 256 valence electrons. The molecule has 0 unspecified atom stereocenters. The third-order valence-corrected chi connectivity index (χ3v) is 13.9. The molecule has 52 heavy (non-hydrogen) atoms. The summed E-state index contributed by atoms with van der Waals surface area (Å²) in [6.45, 7) is 9.92. The smallest absolute Gasteiger partial charge is 0.345 e. The number of pyridine rings is 1. The van der Waals surface area contributed by atoms with Crippen molar-refractivity contribution in [3.8, 4) is 16.9 Å². The van der Waals surface area contributed by atoms with Crippen LogP contribution in [0.1, 0.15) is 11.1 Å². The van der Waals surface area contributed by atoms with Gasteiger partial charge >= 0.3 is 21.1 Å². The third kappa shape index (κ3) is 5.60. The van der Waals surface area contributed by atoms with Gasteiger partial charge in [-0.3, -0.25) is 0 Å². The summed E-state index contributed by atoms with van der Waals surface area (Å²) in [4.78, 5) is 9.74. The molecule has 0 fully saturated rings. The van der Waals surface area contributed by atoms with Crippen LogP contribution in [0.2, 0.25) is 13.1 Å². The second-order valence-corrected chi connectivity index (χ2v) is 18.4. The van der Waals surface area contributed by atoms with Crippen LogP contribution < -0.4 is 20.2 Å². The van der Waals surface area contributed by atoms with Crippen LogP contribution in [-0.2, 0) is 21.1 Å². The molecule has 0 saturated heterocycles. The Bertz CT molecular complexity index is 2610. The quantitative estimate of drug-likeness (QED) is 0.123. The molecule has 1 aliphatic rings. The van der Waals surface area contributed by atoms with Gasteiger partial charge in [-0.05, 0) is 77.9 Å². The van der Waals surface area contributed by atoms with Crippen molar-refractivity contribution in [3.63, 3.8) is 0 Å². The zero-order valence-corrected chi connectivity index (χ0v) is 32.9. The Hall–Kier alpha value is -5.22. The van der Waals surface area contributed by atoms with Crippen LogP contribution in [0.3, 0.4) is 0 Å². The van der Waals surface area contributed by atoms with Gasteiger partial charge in [-0.15, -0.1) is 11.5 Å². The molecular weight excluding hydrogens is 832 g/mol. The van der Waals surface area contributed by atoms with Gasteiger partial charge in [-0.1, -0.05) is 97.1 Å². The Morgan fingerprint density at radius 3 is 2.06 bits per heavy atom. The fraction of sp³-hybridized carbons (Fsp3) is 0.109. The summed E-state index contributed by atoms with van der Waals surface area (Å²) in [7, 11) is -2.27. The molecular formula is C46H38N4PtSi. The van der Waals surface area contributed by atoms with Crippen molar-refractivity contribution in [3.05, 3.63) is 169 Å². The summed E-state index contributed by atoms with van der Waals surface area (Å²) in [6, 6.07) is 58.0. The maximum Gasteiger partial charge on any atom is 2.00 e. The van der Waals surface area contributed by atoms with Crippen LogP contribution in [0.4, 0.5) is 22.7 Å². The maximum absolute atomic E-state index is 4.93. The molecule has 0 N–H and O–H groups in total. The molecule has 1 aliphatic heterocycles. The minimum absolute atomic E-state index is 0. The van der Waals surface area contributed by atoms with E-state index >= 15 is 0 Å². The van der Waals surface area contributed by atoms with Crippen LogP contribution in [0, 0.1) is 26.0 Å². The van der Waals surface area contributed by atoms with Crippen molar-refractivity contribution in [1.82, 2.24) is 9.55 Å². The molecule has 6 aromatic carbocycles. The van der Waals surface area contributed by atoms with Crippen molar-refractivity contribution in [1.29, 1.82) is 0 Å². The van der Waals surface area contributed by atoms with Crippen LogP contribution in [0.25, 0.3) is 38.8 Å². The number of fused-ring (bicyclic) bond motifs is 4. The molecule has 0 bridgehead atoms. The standard InChI is InChI=1S/C46H38N4Si.Pt/c1-32-14-5-7-18-38(32)34-26-27-47-46(28-34)50-42-21-10-8-19-39(42)40-25-24-37(30-45(40)50)51(3,4)36-17-13-16-35(29-36)48-31-49(41-20-9-6-15-33(41)2)44-23-12-11-22-43(44)48;/h5-28H,31H2,1-4H3;/q-2;+2. The van der Waals surface area contributed by atoms with E-state index in [1.807, 2.05) is 6.20 Å². The number of nitrogens with zero attached hydrogens (tertiary/aromatic N) is 4. The van der Waals surface area contributed by atoms with Crippen LogP contribution in [0.15, 0.2) is 146 Å². The molecule has 2 aromatic heterocycles. The van der Waals surface area contributed by atoms with E-state index in [4.69, 9.17) is 4.98 Å². The van der Waals surface area contributed by atoms with Crippen molar-refractivity contribution in [2.45, 2.75) is 26.9 Å². The summed E-state index contributed by atoms with van der Waals surface area (Å²) in [5.41, 5.74) is 11.8. The molecule has 4 nitrogen and oxygen atoms in total. The van der Waals surface area contributed by atoms with Gasteiger partial charge in [-0.2, -0.15) is 46.8 Å². The van der Waals surface area contributed by atoms with Gasteiger partial charge in [0.1, 0.15) is 5.82 Å². The van der Waals surface area contributed by atoms with Gasteiger partial charge in [0.2, 0.25) is 0 Å². The van der Waals surface area contributed by atoms with E-state index in [9.17, 15) is 0 Å². The number of rotatable bonds is 6. The van der Waals surface area contributed by atoms with Crippen molar-refractivity contribution in [2.24, 2.45) is 0 Å². The zero-order chi connectivity index (χ0) is 34.7. The van der Waals surface area contributed by atoms with E-state index in [0.29, 0.717) is 0 Å². The topological polar surface area (TPSA) is 24.3 Å². The van der Waals surface area contributed by atoms with E-state index in [-0.39, 0.29) is 21.1 Å². The Balaban J connectivity index is 0.00000387. The molecule has 9 rings (SSSR count). The number of hydrogen-bond donors (Lipinski definition) is 0. The summed E-state index contributed by atoms with van der Waals surface area (Å²) in [5, 5.41) is 4.89. The predicted molar refractivity (Wildman–Crippen MR) is 216 cm³/mol. The number of para-hydroxylation sites is 4. The Morgan fingerprint density at radius 2 is 1.27 bits per heavy atom. The molecule has 0 aliphatic carbocycles. The van der Waals surface area contributed by atoms with Gasteiger partial charge in [0, 0.05) is 17.4 Å². The van der Waals surface area contributed by atoms with E-state index < -0.39 is 8.07 Å². The molecule has 0 saturated carbocycles. The average Bonchev–Trinajstić information content (AvgIpc) is 3.71. The van der Waals surface area contributed by atoms with E-state index in [1.165, 1.54) is 54.9 Å². The first-order valence-corrected chi connectivity index (χ1v) is 20.6. The second kappa shape index (κ2) is 13.4. The number of aromatic nitrogens is 2. The number of aryl methyl sites for hydroxylation is 2. The number of benzene rings is 6. The molecule has 8 aromatic rings. The Morgan fingerprint density at radius 1 is 0.596 bits per heavy atom. The summed E-state index contributed by atoms with van der Waals surface area (Å²) >= 11 is 0. The Kier molecular flexibility index (Phi) is 8.73. The van der Waals surface area contributed by atoms with Crippen molar-refractivity contribution >= 4 is 63.0 Å². The van der Waals surface area contributed by atoms with Gasteiger partial charge < -0.3 is 14.4 Å². The van der Waals surface area contributed by atoms with Crippen LogP contribution in [-0.4, -0.2) is 24.3 Å². The molecule has 0 spiro atoms. The maximum atomic E-state index is 4.93. The van der Waals surface area contributed by atoms with Gasteiger partial charge in [-0.25, -0.2) is 4.98 Å². The predicted octanol–water partition coefficient (Wildman–Crippen LogP) is 10.1. The van der Waals surface area contributed by atoms with Crippen LogP contribution in [0.5, 0.6) is 0 Å². The van der Waals surface area contributed by atoms with Gasteiger partial charge in [0.15, 0.2) is 0 Å². The molecule has 6 heteroatoms. The molecule has 0 amide bonds. The van der Waals surface area contributed by atoms with E-state index in [1.54, 1.807) is 0 Å². The number of hydrogen-bond acceptors (Lipinski definition) is 3. The third-order valence-electron chi connectivity index (χ3n) is 10.6. The Labute approximate surface area is 321 Å². The van der Waals surface area contributed by atoms with Crippen molar-refractivity contribution in [2.75, 3.05) is 16.5 Å². The summed E-state index contributed by atoms with van der Waals surface area (Å²) in [5.74, 6) is 0.897. The summed E-state index contributed by atoms with van der Waals surface area (Å²) < 4.78 is 2.29. The minimum atomic E-state index is -2.27. The first-order valence-electron chi connectivity index (χ1n) is 17.6. The normalized spacial score (nSPS) is 12.7. The first-order chi connectivity index (χ1) is 24.9. The fourth-order valence-corrected chi connectivity index (χ4v) is 9.89.